The van der Waals surface area contributed by atoms with Gasteiger partial charge in [-0.3, -0.25) is 9.59 Å². The Bertz CT molecular complexity index is 1020. The molecule has 146 valence electrons. The maximum atomic E-state index is 13.1. The second-order valence-electron chi connectivity index (χ2n) is 7.26. The third-order valence-corrected chi connectivity index (χ3v) is 5.09. The van der Waals surface area contributed by atoms with Crippen LogP contribution in [0.3, 0.4) is 0 Å². The van der Waals surface area contributed by atoms with Crippen LogP contribution in [0.2, 0.25) is 0 Å². The Morgan fingerprint density at radius 2 is 1.79 bits per heavy atom. The van der Waals surface area contributed by atoms with Crippen LogP contribution in [-0.4, -0.2) is 42.3 Å². The van der Waals surface area contributed by atoms with Crippen molar-refractivity contribution >= 4 is 23.3 Å². The number of anilines is 1. The highest BCUT2D eigenvalue weighted by atomic mass is 16.2. The monoisotopic (exact) mass is 386 g/mol. The number of benzene rings is 2. The number of fused-ring (bicyclic) bond motifs is 1. The number of carbonyl (C=O) groups is 2. The predicted octanol–water partition coefficient (Wildman–Crippen LogP) is 2.75. The van der Waals surface area contributed by atoms with Gasteiger partial charge >= 0.3 is 0 Å². The zero-order valence-electron chi connectivity index (χ0n) is 16.4. The molecule has 2 heterocycles. The molecule has 1 N–H and O–H groups in total. The normalized spacial score (nSPS) is 19.7. The molecule has 2 aromatic rings. The lowest BCUT2D eigenvalue weighted by atomic mass is 9.96. The first-order valence-corrected chi connectivity index (χ1v) is 9.41. The number of nitrogens with one attached hydrogen (secondary N) is 1. The Morgan fingerprint density at radius 1 is 1.07 bits per heavy atom. The SMILES string of the molecule is CN(C)c1ccc(CC2(NC(=O)c3ccccc3)C(=O)N=C3C=CC=CN32)cc1. The molecule has 1 atom stereocenters. The number of amides is 2. The molecule has 2 aliphatic rings. The molecule has 2 aliphatic heterocycles. The number of carbonyl (C=O) groups excluding carboxylic acids is 2. The summed E-state index contributed by atoms with van der Waals surface area (Å²) in [5.41, 5.74) is 1.18. The number of rotatable bonds is 5. The number of allylic oxidation sites excluding steroid dienone is 2. The van der Waals surface area contributed by atoms with Crippen molar-refractivity contribution in [2.24, 2.45) is 4.99 Å². The Labute approximate surface area is 169 Å². The van der Waals surface area contributed by atoms with Gasteiger partial charge in [-0.2, -0.15) is 4.99 Å². The standard InChI is InChI=1S/C23H22N4O2/c1-26(2)19-13-11-17(12-14-19)16-23(25-21(28)18-8-4-3-5-9-18)22(29)24-20-10-6-7-15-27(20)23/h3-15H,16H2,1-2H3,(H,25,28). The van der Waals surface area contributed by atoms with E-state index in [2.05, 4.69) is 10.3 Å². The van der Waals surface area contributed by atoms with Gasteiger partial charge in [-0.05, 0) is 42.0 Å². The molecule has 0 fully saturated rings. The molecule has 29 heavy (non-hydrogen) atoms. The molecule has 6 nitrogen and oxygen atoms in total. The summed E-state index contributed by atoms with van der Waals surface area (Å²) in [6.07, 6.45) is 7.50. The molecule has 0 radical (unpaired) electrons. The molecule has 0 bridgehead atoms. The van der Waals surface area contributed by atoms with Crippen LogP contribution in [-0.2, 0) is 11.2 Å². The third kappa shape index (κ3) is 3.45. The average molecular weight is 386 g/mol. The number of hydrogen-bond acceptors (Lipinski definition) is 4. The van der Waals surface area contributed by atoms with E-state index in [1.807, 2.05) is 61.5 Å². The smallest absolute Gasteiger partial charge is 0.295 e. The first-order chi connectivity index (χ1) is 14.0. The van der Waals surface area contributed by atoms with E-state index >= 15 is 0 Å². The lowest BCUT2D eigenvalue weighted by Gasteiger charge is -2.37. The van der Waals surface area contributed by atoms with Gasteiger partial charge in [-0.25, -0.2) is 0 Å². The van der Waals surface area contributed by atoms with E-state index in [1.165, 1.54) is 0 Å². The lowest BCUT2D eigenvalue weighted by Crippen LogP contribution is -2.63. The molecule has 0 saturated heterocycles. The fourth-order valence-electron chi connectivity index (χ4n) is 3.52. The van der Waals surface area contributed by atoms with E-state index in [0.29, 0.717) is 17.8 Å². The Hall–Kier alpha value is -3.67. The van der Waals surface area contributed by atoms with Gasteiger partial charge in [0.2, 0.25) is 5.66 Å². The summed E-state index contributed by atoms with van der Waals surface area (Å²) in [5, 5.41) is 2.97. The summed E-state index contributed by atoms with van der Waals surface area (Å²) >= 11 is 0. The quantitative estimate of drug-likeness (QED) is 0.858. The number of hydrogen-bond donors (Lipinski definition) is 1. The first-order valence-electron chi connectivity index (χ1n) is 9.41. The molecule has 0 aromatic heterocycles. The Morgan fingerprint density at radius 3 is 2.48 bits per heavy atom. The molecule has 2 amide bonds. The van der Waals surface area contributed by atoms with Crippen LogP contribution >= 0.6 is 0 Å². The van der Waals surface area contributed by atoms with Crippen LogP contribution in [0.1, 0.15) is 15.9 Å². The maximum absolute atomic E-state index is 13.1. The van der Waals surface area contributed by atoms with Crippen molar-refractivity contribution in [2.45, 2.75) is 12.1 Å². The van der Waals surface area contributed by atoms with Crippen molar-refractivity contribution in [1.82, 2.24) is 10.2 Å². The highest BCUT2D eigenvalue weighted by molar-refractivity contribution is 6.13. The summed E-state index contributed by atoms with van der Waals surface area (Å²) in [7, 11) is 3.95. The highest BCUT2D eigenvalue weighted by Crippen LogP contribution is 2.30. The minimum Gasteiger partial charge on any atom is -0.378 e. The maximum Gasteiger partial charge on any atom is 0.295 e. The van der Waals surface area contributed by atoms with Gasteiger partial charge in [-0.15, -0.1) is 0 Å². The van der Waals surface area contributed by atoms with Crippen LogP contribution in [0.5, 0.6) is 0 Å². The van der Waals surface area contributed by atoms with Crippen molar-refractivity contribution in [2.75, 3.05) is 19.0 Å². The van der Waals surface area contributed by atoms with Crippen molar-refractivity contribution < 1.29 is 9.59 Å². The van der Waals surface area contributed by atoms with E-state index in [0.717, 1.165) is 11.3 Å². The van der Waals surface area contributed by atoms with Crippen LogP contribution in [0, 0.1) is 0 Å². The summed E-state index contributed by atoms with van der Waals surface area (Å²) < 4.78 is 0. The minimum absolute atomic E-state index is 0.295. The zero-order chi connectivity index (χ0) is 20.4. The van der Waals surface area contributed by atoms with Gasteiger partial charge < -0.3 is 15.1 Å². The predicted molar refractivity (Wildman–Crippen MR) is 114 cm³/mol. The van der Waals surface area contributed by atoms with Crippen LogP contribution in [0.4, 0.5) is 5.69 Å². The van der Waals surface area contributed by atoms with Gasteiger partial charge in [0.15, 0.2) is 0 Å². The second-order valence-corrected chi connectivity index (χ2v) is 7.26. The van der Waals surface area contributed by atoms with E-state index in [-0.39, 0.29) is 11.8 Å². The summed E-state index contributed by atoms with van der Waals surface area (Å²) in [4.78, 5) is 34.0. The molecule has 0 spiro atoms. The van der Waals surface area contributed by atoms with Crippen molar-refractivity contribution in [3.63, 3.8) is 0 Å². The van der Waals surface area contributed by atoms with Gasteiger partial charge in [0.1, 0.15) is 5.84 Å². The number of nitrogens with zero attached hydrogens (tertiary/aromatic N) is 3. The van der Waals surface area contributed by atoms with Gasteiger partial charge in [0, 0.05) is 38.0 Å². The molecular weight excluding hydrogens is 364 g/mol. The van der Waals surface area contributed by atoms with Gasteiger partial charge in [0.05, 0.1) is 0 Å². The fourth-order valence-corrected chi connectivity index (χ4v) is 3.52. The molecule has 0 aliphatic carbocycles. The number of aliphatic imine (C=N–C) groups is 1. The van der Waals surface area contributed by atoms with Gasteiger partial charge in [-0.1, -0.05) is 36.4 Å². The Balaban J connectivity index is 1.70. The molecular formula is C23H22N4O2. The molecule has 0 saturated carbocycles. The van der Waals surface area contributed by atoms with Crippen molar-refractivity contribution in [3.8, 4) is 0 Å². The van der Waals surface area contributed by atoms with E-state index in [9.17, 15) is 9.59 Å². The van der Waals surface area contributed by atoms with Crippen LogP contribution in [0.15, 0.2) is 84.0 Å². The van der Waals surface area contributed by atoms with E-state index in [4.69, 9.17) is 0 Å². The van der Waals surface area contributed by atoms with E-state index in [1.54, 1.807) is 41.4 Å². The lowest BCUT2D eigenvalue weighted by molar-refractivity contribution is -0.126. The van der Waals surface area contributed by atoms with Crippen molar-refractivity contribution in [1.29, 1.82) is 0 Å². The first kappa shape index (κ1) is 18.7. The Kier molecular flexibility index (Phi) is 4.76. The minimum atomic E-state index is -1.30. The average Bonchev–Trinajstić information content (AvgIpc) is 3.00. The topological polar surface area (TPSA) is 65.0 Å². The van der Waals surface area contributed by atoms with Gasteiger partial charge in [0.25, 0.3) is 11.8 Å². The molecule has 2 aromatic carbocycles. The molecule has 6 heteroatoms. The van der Waals surface area contributed by atoms with Crippen LogP contribution < -0.4 is 10.2 Å². The fraction of sp³-hybridized carbons (Fsp3) is 0.174. The highest BCUT2D eigenvalue weighted by Gasteiger charge is 2.50. The number of amidine groups is 1. The molecule has 1 unspecified atom stereocenters. The summed E-state index contributed by atoms with van der Waals surface area (Å²) in [6.45, 7) is 0. The third-order valence-electron chi connectivity index (χ3n) is 5.09. The largest absolute Gasteiger partial charge is 0.378 e. The van der Waals surface area contributed by atoms with Crippen LogP contribution in [0.25, 0.3) is 0 Å². The molecule has 4 rings (SSSR count). The second kappa shape index (κ2) is 7.39. The summed E-state index contributed by atoms with van der Waals surface area (Å²) in [5.74, 6) is -0.177. The van der Waals surface area contributed by atoms with E-state index < -0.39 is 5.66 Å². The van der Waals surface area contributed by atoms with Crippen molar-refractivity contribution in [3.05, 3.63) is 90.2 Å². The summed E-state index contributed by atoms with van der Waals surface area (Å²) in [6, 6.07) is 16.8. The zero-order valence-corrected chi connectivity index (χ0v) is 16.4.